The molecule has 3 heterocycles. The quantitative estimate of drug-likeness (QED) is 0.427. The number of carbonyl (C=O) groups excluding carboxylic acids is 1. The van der Waals surface area contributed by atoms with Crippen molar-refractivity contribution in [2.45, 2.75) is 25.3 Å². The number of hydrogen-bond acceptors (Lipinski definition) is 3. The molecule has 30 heavy (non-hydrogen) atoms. The van der Waals surface area contributed by atoms with Gasteiger partial charge in [0.05, 0.1) is 11.2 Å². The summed E-state index contributed by atoms with van der Waals surface area (Å²) in [5, 5.41) is 5.72. The van der Waals surface area contributed by atoms with Crippen LogP contribution in [0.5, 0.6) is 0 Å². The predicted octanol–water partition coefficient (Wildman–Crippen LogP) is 4.21. The van der Waals surface area contributed by atoms with E-state index in [-0.39, 0.29) is 46.8 Å². The molecule has 0 aliphatic carbocycles. The van der Waals surface area contributed by atoms with Crippen LogP contribution < -0.4 is 0 Å². The fraction of sp³-hybridized carbons (Fsp3) is 0.348. The van der Waals surface area contributed by atoms with Gasteiger partial charge in [0.15, 0.2) is 0 Å². The summed E-state index contributed by atoms with van der Waals surface area (Å²) in [5.74, 6) is 0.147. The van der Waals surface area contributed by atoms with Gasteiger partial charge in [-0.25, -0.2) is 4.68 Å². The molecule has 2 aromatic carbocycles. The topological polar surface area (TPSA) is 41.4 Å². The van der Waals surface area contributed by atoms with Gasteiger partial charge < -0.3 is 12.3 Å². The van der Waals surface area contributed by atoms with Crippen molar-refractivity contribution in [1.29, 1.82) is 0 Å². The van der Waals surface area contributed by atoms with E-state index in [1.54, 1.807) is 0 Å². The summed E-state index contributed by atoms with van der Waals surface area (Å²) in [6.07, 6.45) is 5.72. The van der Waals surface area contributed by atoms with Crippen LogP contribution in [0.15, 0.2) is 54.7 Å². The Labute approximate surface area is 199 Å². The van der Waals surface area contributed by atoms with E-state index < -0.39 is 0 Å². The molecule has 160 valence electrons. The normalized spacial score (nSPS) is 18.5. The molecule has 0 saturated carbocycles. The monoisotopic (exact) mass is 595 g/mol. The van der Waals surface area contributed by atoms with E-state index >= 15 is 0 Å². The van der Waals surface area contributed by atoms with Crippen LogP contribution in [0.4, 0.5) is 0 Å². The number of benzene rings is 2. The smallest absolute Gasteiger partial charge is 0.253 e. The van der Waals surface area contributed by atoms with Crippen LogP contribution in [0.2, 0.25) is 0 Å². The Balaban J connectivity index is 0.00000107. The maximum atomic E-state index is 12.9. The van der Waals surface area contributed by atoms with Crippen molar-refractivity contribution in [1.82, 2.24) is 19.6 Å². The minimum Gasteiger partial charge on any atom is -0.358 e. The first kappa shape index (κ1) is 24.6. The number of halogens is 1. The first-order chi connectivity index (χ1) is 13.3. The molecule has 0 unspecified atom stereocenters. The Morgan fingerprint density at radius 1 is 0.967 bits per heavy atom. The van der Waals surface area contributed by atoms with Crippen molar-refractivity contribution < 1.29 is 25.9 Å². The van der Waals surface area contributed by atoms with Crippen LogP contribution in [0, 0.1) is 7.43 Å². The molecule has 3 aromatic rings. The van der Waals surface area contributed by atoms with Gasteiger partial charge in [-0.15, -0.1) is 12.4 Å². The Morgan fingerprint density at radius 2 is 1.67 bits per heavy atom. The molecule has 0 bridgehead atoms. The number of carbonyl (C=O) groups is 1. The Kier molecular flexibility index (Phi) is 8.66. The number of aromatic nitrogens is 2. The standard InChI is InChI=1S/C22H24N4O.CH3.ClH.W/c27-22(25-14-11-20(16-25)24-12-3-4-13-24)17-7-9-19(10-8-17)26-15-18-5-1-2-6-21(18)23-26;;;/h1-2,5-10,15,20H,3-4,11-14,16H2;1H3;1H;/q;-1;;/t20-;;;/m0.../s1. The van der Waals surface area contributed by atoms with E-state index in [1.165, 1.54) is 25.9 Å². The Morgan fingerprint density at radius 3 is 2.37 bits per heavy atom. The van der Waals surface area contributed by atoms with E-state index in [0.29, 0.717) is 6.04 Å². The van der Waals surface area contributed by atoms with E-state index in [0.717, 1.165) is 41.7 Å². The molecule has 5 nitrogen and oxygen atoms in total. The first-order valence-corrected chi connectivity index (χ1v) is 9.86. The zero-order chi connectivity index (χ0) is 18.2. The minimum absolute atomic E-state index is 0. The first-order valence-electron chi connectivity index (χ1n) is 9.86. The average molecular weight is 596 g/mol. The minimum atomic E-state index is 0. The Hall–Kier alpha value is -1.68. The van der Waals surface area contributed by atoms with Crippen molar-refractivity contribution in [2.75, 3.05) is 26.2 Å². The van der Waals surface area contributed by atoms with Gasteiger partial charge in [0.25, 0.3) is 5.91 Å². The maximum absolute atomic E-state index is 12.9. The Bertz CT molecular complexity index is 936. The third-order valence-corrected chi connectivity index (χ3v) is 5.90. The molecule has 5 rings (SSSR count). The van der Waals surface area contributed by atoms with Crippen LogP contribution >= 0.6 is 12.4 Å². The summed E-state index contributed by atoms with van der Waals surface area (Å²) in [5.41, 5.74) is 2.71. The second kappa shape index (κ2) is 10.6. The molecule has 2 saturated heterocycles. The fourth-order valence-electron chi connectivity index (χ4n) is 4.37. The molecular weight excluding hydrogens is 568 g/mol. The third kappa shape index (κ3) is 4.79. The van der Waals surface area contributed by atoms with E-state index in [1.807, 2.05) is 58.2 Å². The zero-order valence-corrected chi connectivity index (χ0v) is 21.0. The molecule has 7 heteroatoms. The summed E-state index contributed by atoms with van der Waals surface area (Å²) in [6.45, 7) is 4.12. The second-order valence-corrected chi connectivity index (χ2v) is 7.62. The molecular formula is C23H28ClN4OW-. The van der Waals surface area contributed by atoms with Crippen LogP contribution in [-0.2, 0) is 21.1 Å². The van der Waals surface area contributed by atoms with Crippen molar-refractivity contribution in [3.63, 3.8) is 0 Å². The van der Waals surface area contributed by atoms with Crippen LogP contribution in [0.1, 0.15) is 29.6 Å². The largest absolute Gasteiger partial charge is 0.358 e. The van der Waals surface area contributed by atoms with E-state index in [9.17, 15) is 4.79 Å². The molecule has 0 radical (unpaired) electrons. The van der Waals surface area contributed by atoms with Crippen molar-refractivity contribution in [2.24, 2.45) is 0 Å². The molecule has 2 fully saturated rings. The number of rotatable bonds is 3. The van der Waals surface area contributed by atoms with Gasteiger partial charge in [-0.1, -0.05) is 18.2 Å². The number of hydrogen-bond donors (Lipinski definition) is 0. The van der Waals surface area contributed by atoms with Crippen LogP contribution in [0.25, 0.3) is 16.6 Å². The summed E-state index contributed by atoms with van der Waals surface area (Å²) in [6, 6.07) is 16.4. The summed E-state index contributed by atoms with van der Waals surface area (Å²) in [7, 11) is 0. The van der Waals surface area contributed by atoms with Gasteiger partial charge in [-0.2, -0.15) is 5.10 Å². The predicted molar refractivity (Wildman–Crippen MR) is 120 cm³/mol. The fourth-order valence-corrected chi connectivity index (χ4v) is 4.37. The van der Waals surface area contributed by atoms with Gasteiger partial charge in [-0.3, -0.25) is 9.69 Å². The third-order valence-electron chi connectivity index (χ3n) is 5.90. The number of fused-ring (bicyclic) bond motifs is 1. The number of amides is 1. The number of likely N-dealkylation sites (tertiary alicyclic amines) is 2. The molecule has 0 N–H and O–H groups in total. The maximum Gasteiger partial charge on any atom is 0.253 e. The van der Waals surface area contributed by atoms with Gasteiger partial charge in [0.2, 0.25) is 0 Å². The van der Waals surface area contributed by atoms with Crippen molar-refractivity contribution in [3.05, 3.63) is 67.7 Å². The van der Waals surface area contributed by atoms with Gasteiger partial charge in [0, 0.05) is 57.3 Å². The molecule has 2 aliphatic rings. The van der Waals surface area contributed by atoms with Gasteiger partial charge in [0.1, 0.15) is 0 Å². The average Bonchev–Trinajstić information content (AvgIpc) is 3.47. The van der Waals surface area contributed by atoms with Crippen LogP contribution in [0.3, 0.4) is 0 Å². The van der Waals surface area contributed by atoms with Crippen molar-refractivity contribution >= 4 is 29.2 Å². The molecule has 0 spiro atoms. The SMILES string of the molecule is Cl.O=C(c1ccc(-n2cc3ccccc3n2)cc1)N1CC[C@H](N2CCCC2)C1.[CH3-].[W]. The summed E-state index contributed by atoms with van der Waals surface area (Å²) in [4.78, 5) is 17.4. The molecule has 1 atom stereocenters. The summed E-state index contributed by atoms with van der Waals surface area (Å²) < 4.78 is 1.87. The summed E-state index contributed by atoms with van der Waals surface area (Å²) >= 11 is 0. The van der Waals surface area contributed by atoms with E-state index in [4.69, 9.17) is 0 Å². The molecule has 1 aromatic heterocycles. The van der Waals surface area contributed by atoms with Gasteiger partial charge in [-0.05, 0) is 62.7 Å². The zero-order valence-electron chi connectivity index (χ0n) is 17.2. The van der Waals surface area contributed by atoms with E-state index in [2.05, 4.69) is 16.1 Å². The van der Waals surface area contributed by atoms with Gasteiger partial charge >= 0.3 is 0 Å². The second-order valence-electron chi connectivity index (χ2n) is 7.62. The van der Waals surface area contributed by atoms with Crippen LogP contribution in [-0.4, -0.2) is 57.7 Å². The number of nitrogens with zero attached hydrogens (tertiary/aromatic N) is 4. The molecule has 1 amide bonds. The molecule has 2 aliphatic heterocycles. The van der Waals surface area contributed by atoms with Crippen molar-refractivity contribution in [3.8, 4) is 5.69 Å².